The number of hydrogen-bond donors (Lipinski definition) is 1. The van der Waals surface area contributed by atoms with Gasteiger partial charge in [0, 0.05) is 12.2 Å². The van der Waals surface area contributed by atoms with Crippen molar-refractivity contribution in [3.05, 3.63) is 65.7 Å². The lowest BCUT2D eigenvalue weighted by molar-refractivity contribution is 0.590. The Bertz CT molecular complexity index is 520. The molecule has 0 radical (unpaired) electrons. The summed E-state index contributed by atoms with van der Waals surface area (Å²) in [5.74, 6) is 0. The molecule has 2 aromatic rings. The highest BCUT2D eigenvalue weighted by atomic mass is 14.9. The topological polar surface area (TPSA) is 12.0 Å². The van der Waals surface area contributed by atoms with Crippen LogP contribution in [0, 0.1) is 0 Å². The molecule has 1 heteroatoms. The predicted molar refractivity (Wildman–Crippen MR) is 93.0 cm³/mol. The second kappa shape index (κ2) is 7.31. The normalized spacial score (nSPS) is 11.4. The highest BCUT2D eigenvalue weighted by Gasteiger charge is 2.12. The molecule has 0 bridgehead atoms. The molecule has 21 heavy (non-hydrogen) atoms. The third kappa shape index (κ3) is 5.26. The summed E-state index contributed by atoms with van der Waals surface area (Å²) in [4.78, 5) is 0. The van der Waals surface area contributed by atoms with E-state index in [-0.39, 0.29) is 5.41 Å². The molecule has 112 valence electrons. The van der Waals surface area contributed by atoms with Crippen LogP contribution in [0.5, 0.6) is 0 Å². The van der Waals surface area contributed by atoms with Crippen LogP contribution in [0.4, 0.5) is 5.69 Å². The smallest absolute Gasteiger partial charge is 0.0340 e. The first kappa shape index (κ1) is 15.6. The Balaban J connectivity index is 1.69. The van der Waals surface area contributed by atoms with Gasteiger partial charge in [0.15, 0.2) is 0 Å². The summed E-state index contributed by atoms with van der Waals surface area (Å²) in [7, 11) is 0. The standard InChI is InChI=1S/C20H27N/c1-20(2,3)18-12-14-19(15-13-18)21-16-8-7-11-17-9-5-4-6-10-17/h4-6,9-10,12-15,21H,7-8,11,16H2,1-3H3. The average Bonchev–Trinajstić information content (AvgIpc) is 2.47. The van der Waals surface area contributed by atoms with Crippen molar-refractivity contribution >= 4 is 5.69 Å². The number of rotatable bonds is 6. The monoisotopic (exact) mass is 281 g/mol. The summed E-state index contributed by atoms with van der Waals surface area (Å²) < 4.78 is 0. The number of nitrogens with one attached hydrogen (secondary N) is 1. The molecule has 1 nitrogen and oxygen atoms in total. The Morgan fingerprint density at radius 2 is 1.48 bits per heavy atom. The van der Waals surface area contributed by atoms with E-state index in [9.17, 15) is 0 Å². The van der Waals surface area contributed by atoms with E-state index in [4.69, 9.17) is 0 Å². The third-order valence-corrected chi connectivity index (χ3v) is 3.82. The van der Waals surface area contributed by atoms with Crippen molar-refractivity contribution in [3.63, 3.8) is 0 Å². The summed E-state index contributed by atoms with van der Waals surface area (Å²) in [5.41, 5.74) is 4.28. The fraction of sp³-hybridized carbons (Fsp3) is 0.400. The second-order valence-corrected chi connectivity index (χ2v) is 6.70. The van der Waals surface area contributed by atoms with Crippen LogP contribution in [0.3, 0.4) is 0 Å². The lowest BCUT2D eigenvalue weighted by atomic mass is 9.87. The van der Waals surface area contributed by atoms with E-state index in [1.807, 2.05) is 0 Å². The molecule has 0 aliphatic heterocycles. The maximum atomic E-state index is 3.51. The first-order valence-corrected chi connectivity index (χ1v) is 7.94. The van der Waals surface area contributed by atoms with Gasteiger partial charge in [0.2, 0.25) is 0 Å². The summed E-state index contributed by atoms with van der Waals surface area (Å²) in [5, 5.41) is 3.51. The van der Waals surface area contributed by atoms with Gasteiger partial charge in [0.1, 0.15) is 0 Å². The first-order chi connectivity index (χ1) is 10.1. The van der Waals surface area contributed by atoms with Crippen molar-refractivity contribution in [1.29, 1.82) is 0 Å². The van der Waals surface area contributed by atoms with Gasteiger partial charge >= 0.3 is 0 Å². The van der Waals surface area contributed by atoms with Crippen LogP contribution in [0.1, 0.15) is 44.7 Å². The van der Waals surface area contributed by atoms with E-state index in [0.29, 0.717) is 0 Å². The molecule has 0 atom stereocenters. The van der Waals surface area contributed by atoms with E-state index in [0.717, 1.165) is 6.54 Å². The van der Waals surface area contributed by atoms with E-state index >= 15 is 0 Å². The van der Waals surface area contributed by atoms with Gasteiger partial charge in [-0.1, -0.05) is 63.2 Å². The highest BCUT2D eigenvalue weighted by molar-refractivity contribution is 5.45. The lowest BCUT2D eigenvalue weighted by Gasteiger charge is -2.19. The molecule has 1 N–H and O–H groups in total. The number of anilines is 1. The Morgan fingerprint density at radius 3 is 2.10 bits per heavy atom. The minimum absolute atomic E-state index is 0.230. The molecule has 0 aromatic heterocycles. The van der Waals surface area contributed by atoms with Gasteiger partial charge in [0.25, 0.3) is 0 Å². The summed E-state index contributed by atoms with van der Waals surface area (Å²) in [6, 6.07) is 19.6. The van der Waals surface area contributed by atoms with Gasteiger partial charge < -0.3 is 5.32 Å². The van der Waals surface area contributed by atoms with Crippen LogP contribution in [0.15, 0.2) is 54.6 Å². The maximum absolute atomic E-state index is 3.51. The quantitative estimate of drug-likeness (QED) is 0.697. The second-order valence-electron chi connectivity index (χ2n) is 6.70. The Morgan fingerprint density at radius 1 is 0.810 bits per heavy atom. The number of benzene rings is 2. The van der Waals surface area contributed by atoms with Crippen molar-refractivity contribution < 1.29 is 0 Å². The lowest BCUT2D eigenvalue weighted by Crippen LogP contribution is -2.11. The highest BCUT2D eigenvalue weighted by Crippen LogP contribution is 2.23. The Hall–Kier alpha value is -1.76. The molecule has 0 aliphatic carbocycles. The minimum Gasteiger partial charge on any atom is -0.385 e. The van der Waals surface area contributed by atoms with Crippen molar-refractivity contribution in [3.8, 4) is 0 Å². The first-order valence-electron chi connectivity index (χ1n) is 7.94. The fourth-order valence-corrected chi connectivity index (χ4v) is 2.42. The van der Waals surface area contributed by atoms with Crippen molar-refractivity contribution in [1.82, 2.24) is 0 Å². The molecule has 0 unspecified atom stereocenters. The number of unbranched alkanes of at least 4 members (excludes halogenated alkanes) is 1. The Labute approximate surface area is 129 Å². The molecule has 0 aliphatic rings. The van der Waals surface area contributed by atoms with Crippen LogP contribution < -0.4 is 5.32 Å². The maximum Gasteiger partial charge on any atom is 0.0340 e. The van der Waals surface area contributed by atoms with Crippen molar-refractivity contribution in [2.75, 3.05) is 11.9 Å². The average molecular weight is 281 g/mol. The molecule has 0 spiro atoms. The predicted octanol–water partition coefficient (Wildman–Crippen LogP) is 5.42. The van der Waals surface area contributed by atoms with Gasteiger partial charge in [-0.2, -0.15) is 0 Å². The molecule has 0 saturated carbocycles. The molecule has 0 saturated heterocycles. The number of aryl methyl sites for hydroxylation is 1. The van der Waals surface area contributed by atoms with Gasteiger partial charge in [0.05, 0.1) is 0 Å². The fourth-order valence-electron chi connectivity index (χ4n) is 2.42. The molecule has 2 aromatic carbocycles. The van der Waals surface area contributed by atoms with Crippen LogP contribution in [-0.4, -0.2) is 6.54 Å². The van der Waals surface area contributed by atoms with E-state index in [1.165, 1.54) is 36.1 Å². The van der Waals surface area contributed by atoms with Gasteiger partial charge in [-0.25, -0.2) is 0 Å². The van der Waals surface area contributed by atoms with E-state index in [2.05, 4.69) is 80.7 Å². The van der Waals surface area contributed by atoms with E-state index in [1.54, 1.807) is 0 Å². The Kier molecular flexibility index (Phi) is 5.44. The zero-order chi connectivity index (χ0) is 15.1. The minimum atomic E-state index is 0.230. The van der Waals surface area contributed by atoms with Crippen LogP contribution in [0.2, 0.25) is 0 Å². The van der Waals surface area contributed by atoms with Crippen molar-refractivity contribution in [2.45, 2.75) is 45.4 Å². The zero-order valence-electron chi connectivity index (χ0n) is 13.5. The molecular formula is C20H27N. The molecule has 0 heterocycles. The largest absolute Gasteiger partial charge is 0.385 e. The summed E-state index contributed by atoms with van der Waals surface area (Å²) >= 11 is 0. The third-order valence-electron chi connectivity index (χ3n) is 3.82. The molecule has 0 fully saturated rings. The van der Waals surface area contributed by atoms with Gasteiger partial charge in [-0.15, -0.1) is 0 Å². The SMILES string of the molecule is CC(C)(C)c1ccc(NCCCCc2ccccc2)cc1. The van der Waals surface area contributed by atoms with Crippen molar-refractivity contribution in [2.24, 2.45) is 0 Å². The molecule has 0 amide bonds. The zero-order valence-corrected chi connectivity index (χ0v) is 13.5. The molecule has 2 rings (SSSR count). The van der Waals surface area contributed by atoms with Crippen LogP contribution in [-0.2, 0) is 11.8 Å². The summed E-state index contributed by atoms with van der Waals surface area (Å²) in [6.45, 7) is 7.79. The van der Waals surface area contributed by atoms with Crippen LogP contribution >= 0.6 is 0 Å². The summed E-state index contributed by atoms with van der Waals surface area (Å²) in [6.07, 6.45) is 3.61. The molecular weight excluding hydrogens is 254 g/mol. The number of hydrogen-bond acceptors (Lipinski definition) is 1. The van der Waals surface area contributed by atoms with Crippen LogP contribution in [0.25, 0.3) is 0 Å². The van der Waals surface area contributed by atoms with Gasteiger partial charge in [-0.05, 0) is 47.9 Å². The van der Waals surface area contributed by atoms with E-state index < -0.39 is 0 Å². The van der Waals surface area contributed by atoms with Gasteiger partial charge in [-0.3, -0.25) is 0 Å².